The van der Waals surface area contributed by atoms with Gasteiger partial charge in [-0.1, -0.05) is 13.3 Å². The number of hydrogen-bond acceptors (Lipinski definition) is 5. The minimum Gasteiger partial charge on any atom is -0.743 e. The van der Waals surface area contributed by atoms with Crippen LogP contribution in [0.15, 0.2) is 0 Å². The van der Waals surface area contributed by atoms with Crippen molar-refractivity contribution in [3.05, 3.63) is 0 Å². The molecule has 0 amide bonds. The van der Waals surface area contributed by atoms with Crippen LogP contribution in [0.5, 0.6) is 0 Å². The molecule has 0 spiro atoms. The fourth-order valence-corrected chi connectivity index (χ4v) is 7.82. The number of nitrogens with zero attached hydrogens (tertiary/aromatic N) is 2. The van der Waals surface area contributed by atoms with Crippen LogP contribution in [-0.4, -0.2) is 84.6 Å². The number of hydrogen-bond donors (Lipinski definition) is 0. The van der Waals surface area contributed by atoms with Crippen molar-refractivity contribution in [2.75, 3.05) is 39.0 Å². The third-order valence-corrected chi connectivity index (χ3v) is 10.7. The molecule has 0 aliphatic carbocycles. The molecule has 0 unspecified atom stereocenters. The summed E-state index contributed by atoms with van der Waals surface area (Å²) in [6, 6.07) is 0. The molecule has 202 valence electrons. The summed E-state index contributed by atoms with van der Waals surface area (Å²) >= 11 is 0. The van der Waals surface area contributed by atoms with Gasteiger partial charge in [0.2, 0.25) is 0 Å². The Morgan fingerprint density at radius 2 is 1.06 bits per heavy atom. The van der Waals surface area contributed by atoms with Gasteiger partial charge in [0.05, 0.1) is 12.8 Å². The summed E-state index contributed by atoms with van der Waals surface area (Å²) in [6.45, 7) is 18.8. The van der Waals surface area contributed by atoms with Crippen molar-refractivity contribution in [3.8, 4) is 0 Å². The normalized spacial score (nSPS) is 14.5. The van der Waals surface area contributed by atoms with Gasteiger partial charge >= 0.3 is 23.3 Å². The summed E-state index contributed by atoms with van der Waals surface area (Å²) in [7, 11) is -8.46. The van der Waals surface area contributed by atoms with Crippen LogP contribution in [0.4, 0.5) is 39.5 Å². The van der Waals surface area contributed by atoms with Gasteiger partial charge in [-0.3, -0.25) is 0 Å². The predicted octanol–water partition coefficient (Wildman–Crippen LogP) is 5.90. The molecule has 0 aliphatic heterocycles. The zero-order chi connectivity index (χ0) is 27.1. The minimum absolute atomic E-state index is 1.04. The molecule has 0 saturated carbocycles. The lowest BCUT2D eigenvalue weighted by Gasteiger charge is -2.39. The van der Waals surface area contributed by atoms with Gasteiger partial charge in [0.15, 0.2) is 10.1 Å². The fraction of sp³-hybridized carbons (Fsp3) is 1.00. The average Bonchev–Trinajstić information content (AvgIpc) is 2.66. The van der Waals surface area contributed by atoms with Crippen LogP contribution in [0, 0.1) is 0 Å². The Kier molecular flexibility index (Phi) is 13.2. The first-order valence-corrected chi connectivity index (χ1v) is 13.9. The zero-order valence-corrected chi connectivity index (χ0v) is 21.0. The molecule has 0 rings (SSSR count). The van der Waals surface area contributed by atoms with Crippen molar-refractivity contribution in [1.82, 2.24) is 9.34 Å². The van der Waals surface area contributed by atoms with Crippen LogP contribution in [0.2, 0.25) is 0 Å². The fourth-order valence-electron chi connectivity index (χ4n) is 3.10. The third-order valence-electron chi connectivity index (χ3n) is 5.04. The van der Waals surface area contributed by atoms with Crippen LogP contribution < -0.4 is 0 Å². The molecule has 0 fully saturated rings. The molecule has 33 heavy (non-hydrogen) atoms. The summed E-state index contributed by atoms with van der Waals surface area (Å²) in [6.07, 6.45) is -3.08. The molecule has 0 heterocycles. The highest BCUT2D eigenvalue weighted by molar-refractivity contribution is 7.86. The summed E-state index contributed by atoms with van der Waals surface area (Å²) in [5, 5.41) is -7.11. The van der Waals surface area contributed by atoms with Gasteiger partial charge in [0, 0.05) is 26.2 Å². The molecule has 5 nitrogen and oxygen atoms in total. The molecule has 0 saturated heterocycles. The average molecular weight is 546 g/mol. The van der Waals surface area contributed by atoms with E-state index in [1.54, 1.807) is 0 Å². The van der Waals surface area contributed by atoms with Gasteiger partial charge < -0.3 is 4.55 Å². The molecule has 0 aromatic heterocycles. The van der Waals surface area contributed by atoms with E-state index < -0.39 is 41.0 Å². The highest BCUT2D eigenvalue weighted by Gasteiger charge is 2.83. The number of unbranched alkanes of at least 4 members (excludes halogenated alkanes) is 1. The maximum absolute atomic E-state index is 12.2. The SMILES string of the molecule is CCCC[P+](C)(N(CC)CC)N(CC)CC.O=S(=O)([O-])C(F)(F)C(F)(F)C(F)(F)C(F)(F)F. The quantitative estimate of drug-likeness (QED) is 0.173. The highest BCUT2D eigenvalue weighted by atomic mass is 32.2. The molecular formula is C17H32F9N2O3PS. The first-order chi connectivity index (χ1) is 14.6. The van der Waals surface area contributed by atoms with Crippen molar-refractivity contribution < 1.29 is 52.5 Å². The van der Waals surface area contributed by atoms with E-state index in [1.807, 2.05) is 0 Å². The highest BCUT2D eigenvalue weighted by Crippen LogP contribution is 2.61. The van der Waals surface area contributed by atoms with E-state index in [0.29, 0.717) is 0 Å². The van der Waals surface area contributed by atoms with Crippen molar-refractivity contribution >= 4 is 17.7 Å². The predicted molar refractivity (Wildman–Crippen MR) is 109 cm³/mol. The summed E-state index contributed by atoms with van der Waals surface area (Å²) in [4.78, 5) is 0. The second-order valence-electron chi connectivity index (χ2n) is 7.06. The molecule has 0 N–H and O–H groups in total. The van der Waals surface area contributed by atoms with E-state index in [2.05, 4.69) is 50.6 Å². The van der Waals surface area contributed by atoms with Crippen molar-refractivity contribution in [2.24, 2.45) is 0 Å². The third kappa shape index (κ3) is 7.55. The molecule has 0 bridgehead atoms. The van der Waals surface area contributed by atoms with Crippen molar-refractivity contribution in [1.29, 1.82) is 0 Å². The summed E-state index contributed by atoms with van der Waals surface area (Å²) in [5.74, 6) is -14.8. The maximum Gasteiger partial charge on any atom is 0.460 e. The van der Waals surface area contributed by atoms with Crippen molar-refractivity contribution in [2.45, 2.75) is 70.7 Å². The Hall–Kier alpha value is -0.370. The van der Waals surface area contributed by atoms with E-state index in [1.165, 1.54) is 45.2 Å². The number of alkyl halides is 9. The Bertz CT molecular complexity index is 672. The van der Waals surface area contributed by atoms with Gasteiger partial charge in [0.1, 0.15) is 7.56 Å². The number of halogens is 9. The van der Waals surface area contributed by atoms with Gasteiger partial charge in [-0.05, 0) is 34.1 Å². The lowest BCUT2D eigenvalue weighted by molar-refractivity contribution is -0.382. The standard InChI is InChI=1S/C13H32N2P.C4HF9O3S/c1-7-12-13-16(6,14(8-2)9-3)15(10-4)11-5;5-1(6,3(9,10)11)2(7,8)4(12,13)17(14,15)16/h7-13H2,1-6H3;(H,14,15,16)/q+1;/p-1. The van der Waals surface area contributed by atoms with E-state index in [-0.39, 0.29) is 0 Å². The largest absolute Gasteiger partial charge is 0.743 e. The van der Waals surface area contributed by atoms with Crippen LogP contribution in [0.25, 0.3) is 0 Å². The first kappa shape index (κ1) is 34.8. The smallest absolute Gasteiger partial charge is 0.460 e. The topological polar surface area (TPSA) is 63.7 Å². The monoisotopic (exact) mass is 546 g/mol. The van der Waals surface area contributed by atoms with E-state index in [4.69, 9.17) is 0 Å². The van der Waals surface area contributed by atoms with Crippen LogP contribution in [-0.2, 0) is 10.1 Å². The van der Waals surface area contributed by atoms with Crippen LogP contribution >= 0.6 is 7.56 Å². The molecule has 0 aliphatic rings. The first-order valence-electron chi connectivity index (χ1n) is 10.1. The molecule has 0 aromatic rings. The van der Waals surface area contributed by atoms with Gasteiger partial charge in [-0.25, -0.2) is 8.42 Å². The molecule has 16 heteroatoms. The lowest BCUT2D eigenvalue weighted by atomic mass is 10.1. The molecular weight excluding hydrogens is 514 g/mol. The van der Waals surface area contributed by atoms with E-state index in [0.717, 1.165) is 0 Å². The zero-order valence-electron chi connectivity index (χ0n) is 19.3. The molecule has 0 atom stereocenters. The molecule has 0 aromatic carbocycles. The second kappa shape index (κ2) is 12.5. The van der Waals surface area contributed by atoms with Crippen LogP contribution in [0.3, 0.4) is 0 Å². The Morgan fingerprint density at radius 1 is 0.727 bits per heavy atom. The van der Waals surface area contributed by atoms with Crippen molar-refractivity contribution in [3.63, 3.8) is 0 Å². The lowest BCUT2D eigenvalue weighted by Crippen LogP contribution is -2.63. The van der Waals surface area contributed by atoms with Gasteiger partial charge in [-0.15, -0.1) is 0 Å². The van der Waals surface area contributed by atoms with E-state index in [9.17, 15) is 52.5 Å². The van der Waals surface area contributed by atoms with Crippen LogP contribution in [0.1, 0.15) is 47.5 Å². The van der Waals surface area contributed by atoms with Gasteiger partial charge in [0.25, 0.3) is 0 Å². The second-order valence-corrected chi connectivity index (χ2v) is 12.2. The maximum atomic E-state index is 12.2. The summed E-state index contributed by atoms with van der Waals surface area (Å²) in [5.41, 5.74) is 0. The van der Waals surface area contributed by atoms with E-state index >= 15 is 0 Å². The van der Waals surface area contributed by atoms with Gasteiger partial charge in [-0.2, -0.15) is 48.9 Å². The molecule has 0 radical (unpaired) electrons. The minimum atomic E-state index is -7.43. The Labute approximate surface area is 189 Å². The Morgan fingerprint density at radius 3 is 1.27 bits per heavy atom. The Balaban J connectivity index is 0. The summed E-state index contributed by atoms with van der Waals surface area (Å²) < 4.78 is 141. The number of rotatable bonds is 12.